The van der Waals surface area contributed by atoms with Crippen molar-refractivity contribution in [3.8, 4) is 0 Å². The Morgan fingerprint density at radius 2 is 1.82 bits per heavy atom. The Morgan fingerprint density at radius 3 is 2.50 bits per heavy atom. The van der Waals surface area contributed by atoms with Crippen LogP contribution in [0, 0.1) is 23.7 Å². The van der Waals surface area contributed by atoms with Gasteiger partial charge in [0, 0.05) is 13.1 Å². The van der Waals surface area contributed by atoms with E-state index in [4.69, 9.17) is 4.74 Å². The lowest BCUT2D eigenvalue weighted by Crippen LogP contribution is -2.44. The van der Waals surface area contributed by atoms with Crippen LogP contribution in [0.3, 0.4) is 0 Å². The molecule has 6 unspecified atom stereocenters. The SMILES string of the molecule is CCC1/C=C\C=C\N(CC)CC(C)C2C(C)CC(C)CC2O1. The van der Waals surface area contributed by atoms with Crippen molar-refractivity contribution in [1.82, 2.24) is 4.90 Å². The smallest absolute Gasteiger partial charge is 0.0760 e. The molecule has 1 aliphatic carbocycles. The predicted octanol–water partition coefficient (Wildman–Crippen LogP) is 4.87. The molecular weight excluding hydrogens is 270 g/mol. The first-order valence-electron chi connectivity index (χ1n) is 9.29. The van der Waals surface area contributed by atoms with E-state index < -0.39 is 0 Å². The molecule has 0 aromatic rings. The molecule has 0 N–H and O–H groups in total. The molecule has 2 heteroatoms. The van der Waals surface area contributed by atoms with Crippen LogP contribution in [0.15, 0.2) is 24.4 Å². The molecule has 1 fully saturated rings. The number of nitrogens with zero attached hydrogens (tertiary/aromatic N) is 1. The summed E-state index contributed by atoms with van der Waals surface area (Å²) in [6.07, 6.45) is 13.1. The van der Waals surface area contributed by atoms with Gasteiger partial charge in [-0.05, 0) is 62.1 Å². The summed E-state index contributed by atoms with van der Waals surface area (Å²) in [6, 6.07) is 0. The number of hydrogen-bond donors (Lipinski definition) is 0. The number of hydrogen-bond acceptors (Lipinski definition) is 2. The third-order valence-electron chi connectivity index (χ3n) is 5.57. The highest BCUT2D eigenvalue weighted by Crippen LogP contribution is 2.40. The molecule has 0 aromatic heterocycles. The second-order valence-corrected chi connectivity index (χ2v) is 7.54. The Kier molecular flexibility index (Phi) is 6.55. The Hall–Kier alpha value is -0.760. The maximum absolute atomic E-state index is 6.58. The second-order valence-electron chi connectivity index (χ2n) is 7.54. The Morgan fingerprint density at radius 1 is 1.05 bits per heavy atom. The summed E-state index contributed by atoms with van der Waals surface area (Å²) in [5, 5.41) is 0. The third-order valence-corrected chi connectivity index (χ3v) is 5.57. The van der Waals surface area contributed by atoms with E-state index in [0.29, 0.717) is 17.9 Å². The molecule has 0 spiro atoms. The van der Waals surface area contributed by atoms with Gasteiger partial charge in [-0.25, -0.2) is 0 Å². The summed E-state index contributed by atoms with van der Waals surface area (Å²) < 4.78 is 6.58. The van der Waals surface area contributed by atoms with Gasteiger partial charge in [0.2, 0.25) is 0 Å². The standard InChI is InChI=1S/C20H35NO/c1-6-18-10-8-9-11-21(7-2)14-17(5)20-16(4)12-15(3)13-19(20)22-18/h8-11,15-20H,6-7,12-14H2,1-5H3/b10-8-,11-9+. The zero-order valence-corrected chi connectivity index (χ0v) is 15.2. The van der Waals surface area contributed by atoms with Crippen molar-refractivity contribution in [2.45, 2.75) is 66.1 Å². The average molecular weight is 306 g/mol. The van der Waals surface area contributed by atoms with Crippen molar-refractivity contribution in [2.24, 2.45) is 23.7 Å². The van der Waals surface area contributed by atoms with Crippen LogP contribution in [-0.4, -0.2) is 30.2 Å². The second kappa shape index (κ2) is 8.19. The van der Waals surface area contributed by atoms with E-state index in [0.717, 1.165) is 31.3 Å². The molecular formula is C20H35NO. The summed E-state index contributed by atoms with van der Waals surface area (Å²) in [5.41, 5.74) is 0. The van der Waals surface area contributed by atoms with Gasteiger partial charge in [-0.15, -0.1) is 0 Å². The number of rotatable bonds is 2. The van der Waals surface area contributed by atoms with Gasteiger partial charge >= 0.3 is 0 Å². The molecule has 0 amide bonds. The van der Waals surface area contributed by atoms with Crippen LogP contribution in [0.25, 0.3) is 0 Å². The summed E-state index contributed by atoms with van der Waals surface area (Å²) in [7, 11) is 0. The van der Waals surface area contributed by atoms with Crippen molar-refractivity contribution in [1.29, 1.82) is 0 Å². The minimum Gasteiger partial charge on any atom is -0.377 e. The first-order valence-corrected chi connectivity index (χ1v) is 9.29. The molecule has 0 saturated heterocycles. The van der Waals surface area contributed by atoms with Gasteiger partial charge in [-0.3, -0.25) is 0 Å². The molecule has 1 aliphatic heterocycles. The van der Waals surface area contributed by atoms with Crippen LogP contribution in [0.5, 0.6) is 0 Å². The van der Waals surface area contributed by atoms with Crippen LogP contribution in [-0.2, 0) is 4.74 Å². The highest BCUT2D eigenvalue weighted by molar-refractivity contribution is 5.06. The molecule has 1 heterocycles. The maximum atomic E-state index is 6.58. The fourth-order valence-electron chi connectivity index (χ4n) is 4.53. The highest BCUT2D eigenvalue weighted by Gasteiger charge is 2.39. The van der Waals surface area contributed by atoms with Crippen molar-refractivity contribution in [3.05, 3.63) is 24.4 Å². The zero-order valence-electron chi connectivity index (χ0n) is 15.2. The van der Waals surface area contributed by atoms with Crippen LogP contribution >= 0.6 is 0 Å². The van der Waals surface area contributed by atoms with E-state index in [9.17, 15) is 0 Å². The third kappa shape index (κ3) is 4.38. The molecule has 0 radical (unpaired) electrons. The molecule has 22 heavy (non-hydrogen) atoms. The largest absolute Gasteiger partial charge is 0.377 e. The van der Waals surface area contributed by atoms with E-state index in [-0.39, 0.29) is 6.10 Å². The van der Waals surface area contributed by atoms with Crippen LogP contribution in [0.1, 0.15) is 53.9 Å². The van der Waals surface area contributed by atoms with Gasteiger partial charge in [0.25, 0.3) is 0 Å². The predicted molar refractivity (Wildman–Crippen MR) is 94.7 cm³/mol. The lowest BCUT2D eigenvalue weighted by Gasteiger charge is -2.44. The van der Waals surface area contributed by atoms with Gasteiger partial charge in [0.1, 0.15) is 0 Å². The molecule has 1 saturated carbocycles. The van der Waals surface area contributed by atoms with Crippen LogP contribution in [0.2, 0.25) is 0 Å². The minimum atomic E-state index is 0.259. The van der Waals surface area contributed by atoms with Crippen LogP contribution in [0.4, 0.5) is 0 Å². The molecule has 2 rings (SSSR count). The van der Waals surface area contributed by atoms with Crippen molar-refractivity contribution in [3.63, 3.8) is 0 Å². The van der Waals surface area contributed by atoms with E-state index in [2.05, 4.69) is 63.9 Å². The van der Waals surface area contributed by atoms with E-state index >= 15 is 0 Å². The molecule has 0 bridgehead atoms. The average Bonchev–Trinajstić information content (AvgIpc) is 2.50. The highest BCUT2D eigenvalue weighted by atomic mass is 16.5. The normalized spacial score (nSPS) is 43.0. The number of ether oxygens (including phenoxy) is 1. The lowest BCUT2D eigenvalue weighted by atomic mass is 9.68. The summed E-state index contributed by atoms with van der Waals surface area (Å²) in [6.45, 7) is 13.9. The Balaban J connectivity index is 2.25. The van der Waals surface area contributed by atoms with Gasteiger partial charge in [0.15, 0.2) is 0 Å². The van der Waals surface area contributed by atoms with Gasteiger partial charge < -0.3 is 9.64 Å². The van der Waals surface area contributed by atoms with Crippen LogP contribution < -0.4 is 0 Å². The Labute approximate surface area is 137 Å². The van der Waals surface area contributed by atoms with E-state index in [1.54, 1.807) is 0 Å². The van der Waals surface area contributed by atoms with E-state index in [1.807, 2.05) is 0 Å². The molecule has 2 aliphatic rings. The van der Waals surface area contributed by atoms with Crippen molar-refractivity contribution < 1.29 is 4.74 Å². The first kappa shape index (κ1) is 17.6. The topological polar surface area (TPSA) is 12.5 Å². The zero-order chi connectivity index (χ0) is 16.1. The quantitative estimate of drug-likeness (QED) is 0.721. The molecule has 0 aromatic carbocycles. The minimum absolute atomic E-state index is 0.259. The maximum Gasteiger partial charge on any atom is 0.0760 e. The number of fused-ring (bicyclic) bond motifs is 1. The fraction of sp³-hybridized carbons (Fsp3) is 0.800. The van der Waals surface area contributed by atoms with Gasteiger partial charge in [0.05, 0.1) is 12.2 Å². The van der Waals surface area contributed by atoms with Gasteiger partial charge in [-0.1, -0.05) is 39.8 Å². The monoisotopic (exact) mass is 305 g/mol. The first-order chi connectivity index (χ1) is 10.5. The molecule has 2 nitrogen and oxygen atoms in total. The van der Waals surface area contributed by atoms with Gasteiger partial charge in [-0.2, -0.15) is 0 Å². The Bertz CT molecular complexity index is 389. The lowest BCUT2D eigenvalue weighted by molar-refractivity contribution is -0.0872. The summed E-state index contributed by atoms with van der Waals surface area (Å²) >= 11 is 0. The van der Waals surface area contributed by atoms with E-state index in [1.165, 1.54) is 12.8 Å². The summed E-state index contributed by atoms with van der Waals surface area (Å²) in [4.78, 5) is 2.45. The van der Waals surface area contributed by atoms with Crippen molar-refractivity contribution >= 4 is 0 Å². The molecule has 6 atom stereocenters. The molecule has 126 valence electrons. The summed E-state index contributed by atoms with van der Waals surface area (Å²) in [5.74, 6) is 2.90. The number of allylic oxidation sites excluding steroid dienone is 2. The van der Waals surface area contributed by atoms with Crippen molar-refractivity contribution in [2.75, 3.05) is 13.1 Å². The fourth-order valence-corrected chi connectivity index (χ4v) is 4.53.